The van der Waals surface area contributed by atoms with Crippen LogP contribution in [0, 0.1) is 19.7 Å². The highest BCUT2D eigenvalue weighted by atomic mass is 19.1. The summed E-state index contributed by atoms with van der Waals surface area (Å²) >= 11 is 0. The van der Waals surface area contributed by atoms with Gasteiger partial charge in [-0.3, -0.25) is 0 Å². The van der Waals surface area contributed by atoms with Crippen molar-refractivity contribution in [3.63, 3.8) is 0 Å². The largest absolute Gasteiger partial charge is 0.489 e. The first-order valence-corrected chi connectivity index (χ1v) is 8.38. The van der Waals surface area contributed by atoms with E-state index in [1.165, 1.54) is 23.3 Å². The molecule has 0 aliphatic rings. The third kappa shape index (κ3) is 4.60. The van der Waals surface area contributed by atoms with E-state index in [0.717, 1.165) is 29.1 Å². The molecule has 0 saturated carbocycles. The van der Waals surface area contributed by atoms with Crippen molar-refractivity contribution in [3.05, 3.63) is 94.8 Å². The molecule has 3 aromatic carbocycles. The zero-order valence-electron chi connectivity index (χ0n) is 14.6. The summed E-state index contributed by atoms with van der Waals surface area (Å²) in [6.07, 6.45) is 0. The van der Waals surface area contributed by atoms with Gasteiger partial charge in [-0.05, 0) is 66.4 Å². The van der Waals surface area contributed by atoms with Crippen LogP contribution in [0.5, 0.6) is 5.75 Å². The first-order valence-electron chi connectivity index (χ1n) is 8.38. The molecule has 0 aromatic heterocycles. The van der Waals surface area contributed by atoms with E-state index in [2.05, 4.69) is 43.4 Å². The Balaban J connectivity index is 1.62. The first kappa shape index (κ1) is 17.0. The lowest BCUT2D eigenvalue weighted by atomic mass is 10.1. The van der Waals surface area contributed by atoms with Crippen molar-refractivity contribution in [2.75, 3.05) is 5.32 Å². The molecule has 0 amide bonds. The second kappa shape index (κ2) is 7.84. The molecule has 0 saturated heterocycles. The van der Waals surface area contributed by atoms with Gasteiger partial charge < -0.3 is 10.1 Å². The summed E-state index contributed by atoms with van der Waals surface area (Å²) in [5, 5.41) is 3.47. The van der Waals surface area contributed by atoms with Crippen LogP contribution in [0.4, 0.5) is 10.1 Å². The lowest BCUT2D eigenvalue weighted by Gasteiger charge is -2.12. The Kier molecular flexibility index (Phi) is 5.34. The highest BCUT2D eigenvalue weighted by molar-refractivity contribution is 5.54. The van der Waals surface area contributed by atoms with Gasteiger partial charge >= 0.3 is 0 Å². The van der Waals surface area contributed by atoms with Crippen LogP contribution in [-0.2, 0) is 13.2 Å². The van der Waals surface area contributed by atoms with Crippen LogP contribution in [-0.4, -0.2) is 0 Å². The molecule has 25 heavy (non-hydrogen) atoms. The number of ether oxygens (including phenoxy) is 1. The lowest BCUT2D eigenvalue weighted by Crippen LogP contribution is -2.02. The van der Waals surface area contributed by atoms with E-state index in [0.29, 0.717) is 6.61 Å². The van der Waals surface area contributed by atoms with Gasteiger partial charge in [0.2, 0.25) is 0 Å². The zero-order valence-corrected chi connectivity index (χ0v) is 14.6. The van der Waals surface area contributed by atoms with Crippen LogP contribution in [0.2, 0.25) is 0 Å². The molecule has 1 N–H and O–H groups in total. The van der Waals surface area contributed by atoms with Gasteiger partial charge in [-0.15, -0.1) is 0 Å². The molecule has 3 rings (SSSR count). The fourth-order valence-corrected chi connectivity index (χ4v) is 2.68. The van der Waals surface area contributed by atoms with Crippen molar-refractivity contribution in [2.45, 2.75) is 27.0 Å². The predicted molar refractivity (Wildman–Crippen MR) is 100 cm³/mol. The van der Waals surface area contributed by atoms with Crippen molar-refractivity contribution in [1.29, 1.82) is 0 Å². The Morgan fingerprint density at radius 1 is 0.880 bits per heavy atom. The maximum atomic E-state index is 13.2. The van der Waals surface area contributed by atoms with E-state index in [9.17, 15) is 4.39 Å². The molecule has 0 fully saturated rings. The third-order valence-corrected chi connectivity index (χ3v) is 4.28. The molecule has 0 atom stereocenters. The van der Waals surface area contributed by atoms with Crippen LogP contribution < -0.4 is 10.1 Å². The molecule has 0 bridgehead atoms. The Bertz CT molecular complexity index is 860. The topological polar surface area (TPSA) is 21.3 Å². The molecular weight excluding hydrogens is 313 g/mol. The number of benzene rings is 3. The van der Waals surface area contributed by atoms with Crippen molar-refractivity contribution >= 4 is 5.69 Å². The molecule has 0 aliphatic carbocycles. The fourth-order valence-electron chi connectivity index (χ4n) is 2.68. The molecular formula is C22H22FNO. The zero-order chi connectivity index (χ0) is 17.6. The molecule has 0 aliphatic heterocycles. The van der Waals surface area contributed by atoms with Gasteiger partial charge in [-0.1, -0.05) is 36.4 Å². The lowest BCUT2D eigenvalue weighted by molar-refractivity contribution is 0.305. The van der Waals surface area contributed by atoms with Gasteiger partial charge in [0.25, 0.3) is 0 Å². The quantitative estimate of drug-likeness (QED) is 0.630. The maximum absolute atomic E-state index is 13.2. The molecule has 128 valence electrons. The van der Waals surface area contributed by atoms with Gasteiger partial charge in [0.05, 0.1) is 0 Å². The minimum Gasteiger partial charge on any atom is -0.489 e. The van der Waals surface area contributed by atoms with Crippen LogP contribution in [0.3, 0.4) is 0 Å². The standard InChI is InChI=1S/C22H22FNO/c1-16-6-3-11-22(17(16)2)24-14-18-7-5-10-21(13-18)25-15-19-8-4-9-20(23)12-19/h3-13,24H,14-15H2,1-2H3. The van der Waals surface area contributed by atoms with Gasteiger partial charge in [-0.2, -0.15) is 0 Å². The number of hydrogen-bond donors (Lipinski definition) is 1. The predicted octanol–water partition coefficient (Wildman–Crippen LogP) is 5.63. The second-order valence-corrected chi connectivity index (χ2v) is 6.17. The Labute approximate surface area is 148 Å². The van der Waals surface area contributed by atoms with Gasteiger partial charge in [-0.25, -0.2) is 4.39 Å². The van der Waals surface area contributed by atoms with E-state index in [1.807, 2.05) is 24.3 Å². The second-order valence-electron chi connectivity index (χ2n) is 6.17. The summed E-state index contributed by atoms with van der Waals surface area (Å²) in [4.78, 5) is 0. The molecule has 0 spiro atoms. The van der Waals surface area contributed by atoms with E-state index in [-0.39, 0.29) is 5.82 Å². The minimum atomic E-state index is -0.243. The van der Waals surface area contributed by atoms with Crippen LogP contribution in [0.1, 0.15) is 22.3 Å². The summed E-state index contributed by atoms with van der Waals surface area (Å²) in [6, 6.07) is 20.7. The summed E-state index contributed by atoms with van der Waals surface area (Å²) in [5.41, 5.74) is 5.64. The number of hydrogen-bond acceptors (Lipinski definition) is 2. The van der Waals surface area contributed by atoms with Crippen molar-refractivity contribution in [2.24, 2.45) is 0 Å². The smallest absolute Gasteiger partial charge is 0.123 e. The van der Waals surface area contributed by atoms with Crippen LogP contribution in [0.25, 0.3) is 0 Å². The van der Waals surface area contributed by atoms with Crippen molar-refractivity contribution in [1.82, 2.24) is 0 Å². The van der Waals surface area contributed by atoms with E-state index < -0.39 is 0 Å². The van der Waals surface area contributed by atoms with Gasteiger partial charge in [0.1, 0.15) is 18.2 Å². The fraction of sp³-hybridized carbons (Fsp3) is 0.182. The highest BCUT2D eigenvalue weighted by Crippen LogP contribution is 2.20. The average molecular weight is 335 g/mol. The van der Waals surface area contributed by atoms with Crippen LogP contribution >= 0.6 is 0 Å². The summed E-state index contributed by atoms with van der Waals surface area (Å²) in [5.74, 6) is 0.539. The Morgan fingerprint density at radius 2 is 1.64 bits per heavy atom. The summed E-state index contributed by atoms with van der Waals surface area (Å²) in [6.45, 7) is 5.31. The first-order chi connectivity index (χ1) is 12.1. The highest BCUT2D eigenvalue weighted by Gasteiger charge is 2.02. The molecule has 0 heterocycles. The van der Waals surface area contributed by atoms with E-state index in [4.69, 9.17) is 4.74 Å². The SMILES string of the molecule is Cc1cccc(NCc2cccc(OCc3cccc(F)c3)c2)c1C. The summed E-state index contributed by atoms with van der Waals surface area (Å²) in [7, 11) is 0. The van der Waals surface area contributed by atoms with Gasteiger partial charge in [0, 0.05) is 12.2 Å². The van der Waals surface area contributed by atoms with Crippen LogP contribution in [0.15, 0.2) is 66.7 Å². The number of aryl methyl sites for hydroxylation is 1. The number of rotatable bonds is 6. The number of nitrogens with one attached hydrogen (secondary N) is 1. The van der Waals surface area contributed by atoms with Gasteiger partial charge in [0.15, 0.2) is 0 Å². The normalized spacial score (nSPS) is 10.5. The summed E-state index contributed by atoms with van der Waals surface area (Å²) < 4.78 is 19.0. The third-order valence-electron chi connectivity index (χ3n) is 4.28. The Morgan fingerprint density at radius 3 is 2.48 bits per heavy atom. The molecule has 0 radical (unpaired) electrons. The maximum Gasteiger partial charge on any atom is 0.123 e. The monoisotopic (exact) mass is 335 g/mol. The molecule has 2 nitrogen and oxygen atoms in total. The average Bonchev–Trinajstić information content (AvgIpc) is 2.62. The van der Waals surface area contributed by atoms with E-state index >= 15 is 0 Å². The molecule has 3 aromatic rings. The van der Waals surface area contributed by atoms with E-state index in [1.54, 1.807) is 6.07 Å². The van der Waals surface area contributed by atoms with Crippen molar-refractivity contribution in [3.8, 4) is 5.75 Å². The molecule has 0 unspecified atom stereocenters. The number of halogens is 1. The number of anilines is 1. The minimum absolute atomic E-state index is 0.243. The molecule has 3 heteroatoms. The van der Waals surface area contributed by atoms with Crippen molar-refractivity contribution < 1.29 is 9.13 Å². The Hall–Kier alpha value is -2.81.